The molecule has 0 fully saturated rings. The zero-order valence-electron chi connectivity index (χ0n) is 7.15. The molecule has 0 bridgehead atoms. The zero-order chi connectivity index (χ0) is 10.0. The van der Waals surface area contributed by atoms with Crippen LogP contribution in [0.1, 0.15) is 18.4 Å². The van der Waals surface area contributed by atoms with Crippen LogP contribution in [-0.4, -0.2) is 6.54 Å². The van der Waals surface area contributed by atoms with Crippen LogP contribution in [0.3, 0.4) is 0 Å². The van der Waals surface area contributed by atoms with Crippen LogP contribution in [-0.2, 0) is 0 Å². The average molecular weight is 250 g/mol. The van der Waals surface area contributed by atoms with Gasteiger partial charge in [0.25, 0.3) is 0 Å². The summed E-state index contributed by atoms with van der Waals surface area (Å²) in [5, 5.41) is 0. The lowest BCUT2D eigenvalue weighted by atomic mass is 10.0. The second-order valence-corrected chi connectivity index (χ2v) is 3.84. The Morgan fingerprint density at radius 1 is 1.46 bits per heavy atom. The summed E-state index contributed by atoms with van der Waals surface area (Å²) < 4.78 is 26.6. The fourth-order valence-corrected chi connectivity index (χ4v) is 1.51. The van der Waals surface area contributed by atoms with Gasteiger partial charge in [0.1, 0.15) is 0 Å². The fourth-order valence-electron chi connectivity index (χ4n) is 1.06. The van der Waals surface area contributed by atoms with Crippen LogP contribution < -0.4 is 5.73 Å². The Hall–Kier alpha value is -0.480. The largest absolute Gasteiger partial charge is 0.330 e. The van der Waals surface area contributed by atoms with Crippen LogP contribution in [0.5, 0.6) is 0 Å². The highest BCUT2D eigenvalue weighted by atomic mass is 79.9. The van der Waals surface area contributed by atoms with Crippen molar-refractivity contribution >= 4 is 15.9 Å². The summed E-state index contributed by atoms with van der Waals surface area (Å²) >= 11 is 3.10. The van der Waals surface area contributed by atoms with Crippen LogP contribution in [0.2, 0.25) is 0 Å². The third kappa shape index (κ3) is 2.25. The van der Waals surface area contributed by atoms with Crippen molar-refractivity contribution in [3.63, 3.8) is 0 Å². The summed E-state index contributed by atoms with van der Waals surface area (Å²) in [5.74, 6) is -1.82. The van der Waals surface area contributed by atoms with Crippen LogP contribution in [0.25, 0.3) is 0 Å². The standard InChI is InChI=1S/C9H10BrF2N/c1-5(4-13)7-2-6(10)3-8(11)9(7)12/h2-3,5H,4,13H2,1H3. The predicted octanol–water partition coefficient (Wildman–Crippen LogP) is 2.79. The van der Waals surface area contributed by atoms with Gasteiger partial charge in [-0.3, -0.25) is 0 Å². The van der Waals surface area contributed by atoms with E-state index in [0.29, 0.717) is 16.6 Å². The highest BCUT2D eigenvalue weighted by Gasteiger charge is 2.14. The Bertz CT molecular complexity index is 315. The molecule has 0 aromatic heterocycles. The van der Waals surface area contributed by atoms with Crippen molar-refractivity contribution in [3.05, 3.63) is 33.8 Å². The lowest BCUT2D eigenvalue weighted by Crippen LogP contribution is -2.11. The molecule has 1 aromatic rings. The maximum Gasteiger partial charge on any atom is 0.162 e. The lowest BCUT2D eigenvalue weighted by Gasteiger charge is -2.10. The third-order valence-corrected chi connectivity index (χ3v) is 2.36. The van der Waals surface area contributed by atoms with Gasteiger partial charge in [0.2, 0.25) is 0 Å². The molecule has 0 saturated carbocycles. The number of benzene rings is 1. The second-order valence-electron chi connectivity index (χ2n) is 2.93. The van der Waals surface area contributed by atoms with E-state index in [-0.39, 0.29) is 5.92 Å². The molecule has 0 heterocycles. The van der Waals surface area contributed by atoms with E-state index in [1.54, 1.807) is 13.0 Å². The Labute approximate surface area is 84.1 Å². The molecule has 0 radical (unpaired) electrons. The Morgan fingerprint density at radius 3 is 2.62 bits per heavy atom. The van der Waals surface area contributed by atoms with E-state index in [4.69, 9.17) is 5.73 Å². The quantitative estimate of drug-likeness (QED) is 0.802. The van der Waals surface area contributed by atoms with Gasteiger partial charge >= 0.3 is 0 Å². The first-order valence-electron chi connectivity index (χ1n) is 3.90. The second kappa shape index (κ2) is 4.15. The molecule has 13 heavy (non-hydrogen) atoms. The third-order valence-electron chi connectivity index (χ3n) is 1.91. The number of hydrogen-bond donors (Lipinski definition) is 1. The van der Waals surface area contributed by atoms with E-state index >= 15 is 0 Å². The molecule has 2 N–H and O–H groups in total. The normalized spacial score (nSPS) is 13.0. The number of nitrogens with two attached hydrogens (primary N) is 1. The molecule has 4 heteroatoms. The highest BCUT2D eigenvalue weighted by molar-refractivity contribution is 9.10. The molecular formula is C9H10BrF2N. The molecule has 0 amide bonds. The number of rotatable bonds is 2. The predicted molar refractivity (Wildman–Crippen MR) is 51.5 cm³/mol. The molecule has 1 aromatic carbocycles. The van der Waals surface area contributed by atoms with Crippen molar-refractivity contribution in [2.45, 2.75) is 12.8 Å². The number of halogens is 3. The van der Waals surface area contributed by atoms with Gasteiger partial charge in [-0.15, -0.1) is 0 Å². The van der Waals surface area contributed by atoms with Gasteiger partial charge in [-0.05, 0) is 30.2 Å². The molecule has 1 unspecified atom stereocenters. The molecule has 0 aliphatic carbocycles. The molecule has 72 valence electrons. The first-order valence-corrected chi connectivity index (χ1v) is 4.70. The minimum Gasteiger partial charge on any atom is -0.330 e. The summed E-state index contributed by atoms with van der Waals surface area (Å²) in [7, 11) is 0. The lowest BCUT2D eigenvalue weighted by molar-refractivity contribution is 0.490. The monoisotopic (exact) mass is 249 g/mol. The fraction of sp³-hybridized carbons (Fsp3) is 0.333. The Kier molecular flexibility index (Phi) is 3.39. The molecular weight excluding hydrogens is 240 g/mol. The van der Waals surface area contributed by atoms with E-state index in [2.05, 4.69) is 15.9 Å². The van der Waals surface area contributed by atoms with Crippen LogP contribution in [0.15, 0.2) is 16.6 Å². The smallest absolute Gasteiger partial charge is 0.162 e. The summed E-state index contributed by atoms with van der Waals surface area (Å²) in [4.78, 5) is 0. The summed E-state index contributed by atoms with van der Waals surface area (Å²) in [6.07, 6.45) is 0. The van der Waals surface area contributed by atoms with E-state index in [1.807, 2.05) is 0 Å². The first-order chi connectivity index (χ1) is 6.06. The molecule has 0 saturated heterocycles. The van der Waals surface area contributed by atoms with Crippen LogP contribution in [0.4, 0.5) is 8.78 Å². The van der Waals surface area contributed by atoms with Crippen molar-refractivity contribution in [1.82, 2.24) is 0 Å². The molecule has 1 atom stereocenters. The average Bonchev–Trinajstić information content (AvgIpc) is 2.10. The van der Waals surface area contributed by atoms with E-state index < -0.39 is 11.6 Å². The highest BCUT2D eigenvalue weighted by Crippen LogP contribution is 2.24. The van der Waals surface area contributed by atoms with Gasteiger partial charge in [-0.2, -0.15) is 0 Å². The Balaban J connectivity index is 3.20. The summed E-state index contributed by atoms with van der Waals surface area (Å²) in [5.41, 5.74) is 5.68. The maximum atomic E-state index is 13.2. The Morgan fingerprint density at radius 2 is 2.08 bits per heavy atom. The van der Waals surface area contributed by atoms with Crippen molar-refractivity contribution in [3.8, 4) is 0 Å². The van der Waals surface area contributed by atoms with Gasteiger partial charge in [0.15, 0.2) is 11.6 Å². The maximum absolute atomic E-state index is 13.2. The molecule has 0 spiro atoms. The number of hydrogen-bond acceptors (Lipinski definition) is 1. The minimum atomic E-state index is -0.843. The van der Waals surface area contributed by atoms with Gasteiger partial charge in [-0.1, -0.05) is 22.9 Å². The SMILES string of the molecule is CC(CN)c1cc(Br)cc(F)c1F. The molecule has 0 aliphatic rings. The van der Waals surface area contributed by atoms with Gasteiger partial charge in [-0.25, -0.2) is 8.78 Å². The van der Waals surface area contributed by atoms with E-state index in [0.717, 1.165) is 6.07 Å². The summed E-state index contributed by atoms with van der Waals surface area (Å²) in [6.45, 7) is 2.05. The van der Waals surface area contributed by atoms with Gasteiger partial charge in [0, 0.05) is 4.47 Å². The van der Waals surface area contributed by atoms with Crippen molar-refractivity contribution in [2.24, 2.45) is 5.73 Å². The molecule has 1 nitrogen and oxygen atoms in total. The van der Waals surface area contributed by atoms with E-state index in [9.17, 15) is 8.78 Å². The topological polar surface area (TPSA) is 26.0 Å². The molecule has 0 aliphatic heterocycles. The molecule has 1 rings (SSSR count). The van der Waals surface area contributed by atoms with E-state index in [1.165, 1.54) is 0 Å². The first kappa shape index (κ1) is 10.6. The summed E-state index contributed by atoms with van der Waals surface area (Å²) in [6, 6.07) is 2.65. The van der Waals surface area contributed by atoms with Crippen molar-refractivity contribution in [1.29, 1.82) is 0 Å². The van der Waals surface area contributed by atoms with Crippen molar-refractivity contribution < 1.29 is 8.78 Å². The minimum absolute atomic E-state index is 0.174. The van der Waals surface area contributed by atoms with Gasteiger partial charge < -0.3 is 5.73 Å². The van der Waals surface area contributed by atoms with Crippen LogP contribution >= 0.6 is 15.9 Å². The zero-order valence-corrected chi connectivity index (χ0v) is 8.74. The van der Waals surface area contributed by atoms with Gasteiger partial charge in [0.05, 0.1) is 0 Å². The van der Waals surface area contributed by atoms with Crippen LogP contribution in [0, 0.1) is 11.6 Å². The van der Waals surface area contributed by atoms with Crippen molar-refractivity contribution in [2.75, 3.05) is 6.54 Å².